The third-order valence-electron chi connectivity index (χ3n) is 6.30. The summed E-state index contributed by atoms with van der Waals surface area (Å²) < 4.78 is 16.5. The molecule has 3 aliphatic heterocycles. The van der Waals surface area contributed by atoms with E-state index >= 15 is 0 Å². The van der Waals surface area contributed by atoms with Crippen molar-refractivity contribution in [3.63, 3.8) is 0 Å². The second kappa shape index (κ2) is 7.39. The van der Waals surface area contributed by atoms with Gasteiger partial charge in [0.2, 0.25) is 23.5 Å². The topological polar surface area (TPSA) is 98.0 Å². The highest BCUT2D eigenvalue weighted by Gasteiger charge is 2.62. The molecule has 9 nitrogen and oxygen atoms in total. The lowest BCUT2D eigenvalue weighted by Gasteiger charge is -2.31. The van der Waals surface area contributed by atoms with E-state index in [2.05, 4.69) is 10.1 Å². The number of amides is 2. The third kappa shape index (κ3) is 3.04. The fraction of sp³-hybridized carbons (Fsp3) is 0.524. The van der Waals surface area contributed by atoms with Gasteiger partial charge in [-0.2, -0.15) is 4.98 Å². The summed E-state index contributed by atoms with van der Waals surface area (Å²) in [7, 11) is 1.61. The van der Waals surface area contributed by atoms with Crippen LogP contribution in [-0.4, -0.2) is 70.3 Å². The van der Waals surface area contributed by atoms with E-state index in [1.165, 1.54) is 0 Å². The average molecular weight is 412 g/mol. The smallest absolute Gasteiger partial charge is 0.227 e. The molecule has 1 aromatic heterocycles. The van der Waals surface area contributed by atoms with Gasteiger partial charge in [-0.1, -0.05) is 17.3 Å². The molecule has 1 aromatic carbocycles. The van der Waals surface area contributed by atoms with Crippen LogP contribution in [-0.2, 0) is 20.7 Å². The molecule has 3 aliphatic rings. The van der Waals surface area contributed by atoms with Crippen LogP contribution in [0.3, 0.4) is 0 Å². The Morgan fingerprint density at radius 1 is 1.37 bits per heavy atom. The molecule has 3 saturated heterocycles. The molecule has 0 radical (unpaired) electrons. The molecule has 9 heteroatoms. The zero-order chi connectivity index (χ0) is 20.7. The standard InChI is InChI=1S/C21H24N4O5/c1-28-15-5-2-4-14(12-15)20-22-17(30-23-20)6-3-7-18(26)24-9-8-21-16(24)13-19(27)25(21)10-11-29-21/h2,4-5,12,16H,3,6-11,13H2,1H3/t16-,21+/m1/s1. The number of aromatic nitrogens is 2. The summed E-state index contributed by atoms with van der Waals surface area (Å²) in [5, 5.41) is 4.03. The van der Waals surface area contributed by atoms with Gasteiger partial charge < -0.3 is 23.8 Å². The van der Waals surface area contributed by atoms with E-state index in [1.54, 1.807) is 7.11 Å². The van der Waals surface area contributed by atoms with E-state index in [4.69, 9.17) is 14.0 Å². The second-order valence-corrected chi connectivity index (χ2v) is 7.89. The lowest BCUT2D eigenvalue weighted by molar-refractivity contribution is -0.139. The Balaban J connectivity index is 1.17. The second-order valence-electron chi connectivity index (χ2n) is 7.89. The first-order valence-corrected chi connectivity index (χ1v) is 10.3. The van der Waals surface area contributed by atoms with Gasteiger partial charge in [-0.05, 0) is 18.6 Å². The molecule has 0 saturated carbocycles. The predicted molar refractivity (Wildman–Crippen MR) is 104 cm³/mol. The van der Waals surface area contributed by atoms with Crippen molar-refractivity contribution in [2.75, 3.05) is 26.8 Å². The summed E-state index contributed by atoms with van der Waals surface area (Å²) in [6.07, 6.45) is 2.56. The van der Waals surface area contributed by atoms with E-state index in [0.29, 0.717) is 63.5 Å². The van der Waals surface area contributed by atoms with Crippen molar-refractivity contribution in [2.45, 2.75) is 43.9 Å². The Bertz CT molecular complexity index is 976. The van der Waals surface area contributed by atoms with Gasteiger partial charge in [-0.3, -0.25) is 9.59 Å². The fourth-order valence-electron chi connectivity index (χ4n) is 4.86. The molecule has 0 aliphatic carbocycles. The van der Waals surface area contributed by atoms with E-state index in [1.807, 2.05) is 34.1 Å². The molecule has 0 N–H and O–H groups in total. The van der Waals surface area contributed by atoms with Gasteiger partial charge in [0.25, 0.3) is 0 Å². The first-order chi connectivity index (χ1) is 14.6. The van der Waals surface area contributed by atoms with Crippen molar-refractivity contribution < 1.29 is 23.6 Å². The van der Waals surface area contributed by atoms with Gasteiger partial charge in [0.15, 0.2) is 5.72 Å². The van der Waals surface area contributed by atoms with Crippen molar-refractivity contribution in [3.05, 3.63) is 30.2 Å². The molecule has 0 unspecified atom stereocenters. The number of hydrogen-bond donors (Lipinski definition) is 0. The van der Waals surface area contributed by atoms with Gasteiger partial charge >= 0.3 is 0 Å². The highest BCUT2D eigenvalue weighted by atomic mass is 16.5. The highest BCUT2D eigenvalue weighted by Crippen LogP contribution is 2.45. The van der Waals surface area contributed by atoms with Crippen molar-refractivity contribution >= 4 is 11.8 Å². The van der Waals surface area contributed by atoms with Crippen LogP contribution >= 0.6 is 0 Å². The van der Waals surface area contributed by atoms with Crippen molar-refractivity contribution in [2.24, 2.45) is 0 Å². The normalized spacial score (nSPS) is 25.0. The minimum atomic E-state index is -0.579. The predicted octanol–water partition coefficient (Wildman–Crippen LogP) is 1.63. The monoisotopic (exact) mass is 412 g/mol. The first-order valence-electron chi connectivity index (χ1n) is 10.3. The summed E-state index contributed by atoms with van der Waals surface area (Å²) in [6.45, 7) is 1.81. The van der Waals surface area contributed by atoms with Gasteiger partial charge in [0.05, 0.1) is 26.2 Å². The van der Waals surface area contributed by atoms with Gasteiger partial charge in [0.1, 0.15) is 5.75 Å². The van der Waals surface area contributed by atoms with Crippen LogP contribution < -0.4 is 4.74 Å². The Labute approximate surface area is 173 Å². The number of rotatable bonds is 6. The number of nitrogens with zero attached hydrogens (tertiary/aromatic N) is 4. The molecule has 0 bridgehead atoms. The van der Waals surface area contributed by atoms with Gasteiger partial charge in [0, 0.05) is 37.9 Å². The quantitative estimate of drug-likeness (QED) is 0.711. The van der Waals surface area contributed by atoms with Crippen molar-refractivity contribution in [1.82, 2.24) is 19.9 Å². The molecule has 5 rings (SSSR count). The van der Waals surface area contributed by atoms with Crippen LogP contribution in [0, 0.1) is 0 Å². The molecule has 2 amide bonds. The van der Waals surface area contributed by atoms with Crippen LogP contribution in [0.5, 0.6) is 5.75 Å². The zero-order valence-electron chi connectivity index (χ0n) is 16.9. The lowest BCUT2D eigenvalue weighted by atomic mass is 10.1. The SMILES string of the molecule is COc1cccc(-c2noc(CCCC(=O)N3CC[C@@]45OCCN4C(=O)C[C@@H]35)n2)c1. The summed E-state index contributed by atoms with van der Waals surface area (Å²) in [5.41, 5.74) is 0.236. The number of ether oxygens (including phenoxy) is 2. The first kappa shape index (κ1) is 19.0. The Morgan fingerprint density at radius 2 is 2.27 bits per heavy atom. The van der Waals surface area contributed by atoms with Gasteiger partial charge in [-0.25, -0.2) is 0 Å². The van der Waals surface area contributed by atoms with E-state index in [9.17, 15) is 9.59 Å². The molecule has 4 heterocycles. The molecule has 3 fully saturated rings. The maximum Gasteiger partial charge on any atom is 0.227 e. The number of carbonyl (C=O) groups excluding carboxylic acids is 2. The number of aryl methyl sites for hydroxylation is 1. The van der Waals surface area contributed by atoms with Gasteiger partial charge in [-0.15, -0.1) is 0 Å². The number of hydrogen-bond acceptors (Lipinski definition) is 7. The zero-order valence-corrected chi connectivity index (χ0v) is 16.9. The van der Waals surface area contributed by atoms with E-state index in [-0.39, 0.29) is 17.9 Å². The Morgan fingerprint density at radius 3 is 3.13 bits per heavy atom. The van der Waals surface area contributed by atoms with Crippen LogP contribution in [0.15, 0.2) is 28.8 Å². The van der Waals surface area contributed by atoms with E-state index < -0.39 is 5.72 Å². The highest BCUT2D eigenvalue weighted by molar-refractivity contribution is 5.84. The summed E-state index contributed by atoms with van der Waals surface area (Å²) >= 11 is 0. The average Bonchev–Trinajstić information content (AvgIpc) is 3.51. The van der Waals surface area contributed by atoms with E-state index in [0.717, 1.165) is 11.3 Å². The molecular formula is C21H24N4O5. The summed E-state index contributed by atoms with van der Waals surface area (Å²) in [5.74, 6) is 1.86. The molecular weight excluding hydrogens is 388 g/mol. The fourth-order valence-corrected chi connectivity index (χ4v) is 4.86. The van der Waals surface area contributed by atoms with Crippen LogP contribution in [0.2, 0.25) is 0 Å². The number of carbonyl (C=O) groups is 2. The van der Waals surface area contributed by atoms with Crippen molar-refractivity contribution in [1.29, 1.82) is 0 Å². The Kier molecular flexibility index (Phi) is 4.69. The number of likely N-dealkylation sites (tertiary alicyclic amines) is 1. The largest absolute Gasteiger partial charge is 0.497 e. The summed E-state index contributed by atoms with van der Waals surface area (Å²) in [4.78, 5) is 33.2. The maximum atomic E-state index is 12.8. The third-order valence-corrected chi connectivity index (χ3v) is 6.30. The molecule has 30 heavy (non-hydrogen) atoms. The summed E-state index contributed by atoms with van der Waals surface area (Å²) in [6, 6.07) is 7.30. The maximum absolute atomic E-state index is 12.8. The van der Waals surface area contributed by atoms with Crippen LogP contribution in [0.4, 0.5) is 0 Å². The number of methoxy groups -OCH3 is 1. The minimum absolute atomic E-state index is 0.0505. The minimum Gasteiger partial charge on any atom is -0.497 e. The molecule has 2 atom stereocenters. The molecule has 1 spiro atoms. The van der Waals surface area contributed by atoms with Crippen LogP contribution in [0.1, 0.15) is 31.6 Å². The molecule has 158 valence electrons. The van der Waals surface area contributed by atoms with Crippen molar-refractivity contribution in [3.8, 4) is 17.1 Å². The Hall–Kier alpha value is -2.94. The lowest BCUT2D eigenvalue weighted by Crippen LogP contribution is -2.48. The van der Waals surface area contributed by atoms with Crippen LogP contribution in [0.25, 0.3) is 11.4 Å². The number of benzene rings is 1. The molecule has 2 aromatic rings.